The predicted molar refractivity (Wildman–Crippen MR) is 72.6 cm³/mol. The zero-order chi connectivity index (χ0) is 12.6. The lowest BCUT2D eigenvalue weighted by atomic mass is 9.95. The van der Waals surface area contributed by atoms with Crippen LogP contribution in [0.25, 0.3) is 0 Å². The first-order valence-electron chi connectivity index (χ1n) is 5.44. The zero-order valence-corrected chi connectivity index (χ0v) is 11.6. The molecule has 1 heterocycles. The van der Waals surface area contributed by atoms with Crippen LogP contribution < -0.4 is 0 Å². The zero-order valence-electron chi connectivity index (χ0n) is 10.1. The molecule has 2 rings (SSSR count). The van der Waals surface area contributed by atoms with Crippen LogP contribution in [0.3, 0.4) is 0 Å². The molecule has 0 aliphatic rings. The van der Waals surface area contributed by atoms with Gasteiger partial charge in [-0.1, -0.05) is 0 Å². The van der Waals surface area contributed by atoms with E-state index in [2.05, 4.69) is 17.7 Å². The summed E-state index contributed by atoms with van der Waals surface area (Å²) in [6, 6.07) is 3.08. The first-order chi connectivity index (χ1) is 8.00. The largest absolute Gasteiger partial charge is 0.207 e. The molecule has 1 aromatic heterocycles. The Hall–Kier alpha value is -0.860. The molecule has 0 saturated carbocycles. The topological polar surface area (TPSA) is 0 Å². The third kappa shape index (κ3) is 2.38. The van der Waals surface area contributed by atoms with Crippen molar-refractivity contribution < 1.29 is 4.39 Å². The minimum Gasteiger partial charge on any atom is -0.207 e. The van der Waals surface area contributed by atoms with Crippen LogP contribution in [0.5, 0.6) is 0 Å². The Bertz CT molecular complexity index is 522. The summed E-state index contributed by atoms with van der Waals surface area (Å²) in [6.45, 7) is 5.86. The molecule has 0 fully saturated rings. The summed E-state index contributed by atoms with van der Waals surface area (Å²) in [4.78, 5) is 0. The molecule has 2 aromatic rings. The van der Waals surface area contributed by atoms with Crippen LogP contribution in [-0.4, -0.2) is 0 Å². The van der Waals surface area contributed by atoms with Gasteiger partial charge in [-0.3, -0.25) is 0 Å². The second-order valence-electron chi connectivity index (χ2n) is 4.33. The molecule has 0 N–H and O–H groups in total. The van der Waals surface area contributed by atoms with E-state index in [1.807, 2.05) is 13.8 Å². The van der Waals surface area contributed by atoms with Gasteiger partial charge in [-0.15, -0.1) is 11.6 Å². The monoisotopic (exact) mass is 268 g/mol. The number of aryl methyl sites for hydroxylation is 3. The van der Waals surface area contributed by atoms with E-state index < -0.39 is 0 Å². The Labute approximate surface area is 110 Å². The molecule has 0 aliphatic heterocycles. The lowest BCUT2D eigenvalue weighted by molar-refractivity contribution is 0.624. The molecule has 1 atom stereocenters. The van der Waals surface area contributed by atoms with Crippen molar-refractivity contribution in [3.8, 4) is 0 Å². The summed E-state index contributed by atoms with van der Waals surface area (Å²) in [6.07, 6.45) is 0. The van der Waals surface area contributed by atoms with Gasteiger partial charge in [-0.25, -0.2) is 4.39 Å². The van der Waals surface area contributed by atoms with E-state index in [0.717, 1.165) is 22.3 Å². The predicted octanol–water partition coefficient (Wildman–Crippen LogP) is 5.14. The van der Waals surface area contributed by atoms with Gasteiger partial charge in [0.15, 0.2) is 0 Å². The Morgan fingerprint density at radius 2 is 1.65 bits per heavy atom. The summed E-state index contributed by atoms with van der Waals surface area (Å²) >= 11 is 8.17. The average Bonchev–Trinajstić information content (AvgIpc) is 2.62. The van der Waals surface area contributed by atoms with Crippen LogP contribution in [0.2, 0.25) is 0 Å². The van der Waals surface area contributed by atoms with Gasteiger partial charge in [0, 0.05) is 0 Å². The number of thiophene rings is 1. The first-order valence-corrected chi connectivity index (χ1v) is 6.82. The Morgan fingerprint density at radius 1 is 1.06 bits per heavy atom. The number of alkyl halides is 1. The Balaban J connectivity index is 2.51. The highest BCUT2D eigenvalue weighted by molar-refractivity contribution is 7.08. The van der Waals surface area contributed by atoms with Crippen molar-refractivity contribution >= 4 is 22.9 Å². The Kier molecular flexibility index (Phi) is 3.55. The fourth-order valence-corrected chi connectivity index (χ4v) is 3.64. The maximum Gasteiger partial charge on any atom is 0.123 e. The fraction of sp³-hybridized carbons (Fsp3) is 0.286. The molecule has 90 valence electrons. The molecular formula is C14H14ClFS. The van der Waals surface area contributed by atoms with Crippen LogP contribution in [0.1, 0.15) is 33.2 Å². The molecule has 0 amide bonds. The second kappa shape index (κ2) is 4.79. The van der Waals surface area contributed by atoms with Gasteiger partial charge in [-0.2, -0.15) is 11.3 Å². The summed E-state index contributed by atoms with van der Waals surface area (Å²) in [5.41, 5.74) is 5.16. The highest BCUT2D eigenvalue weighted by Gasteiger charge is 2.18. The third-order valence-corrected chi connectivity index (χ3v) is 4.31. The first kappa shape index (κ1) is 12.6. The van der Waals surface area contributed by atoms with E-state index in [-0.39, 0.29) is 11.2 Å². The molecule has 0 aliphatic carbocycles. The minimum atomic E-state index is -0.199. The molecule has 0 nitrogen and oxygen atoms in total. The van der Waals surface area contributed by atoms with Gasteiger partial charge in [-0.05, 0) is 71.5 Å². The summed E-state index contributed by atoms with van der Waals surface area (Å²) < 4.78 is 13.3. The van der Waals surface area contributed by atoms with Crippen molar-refractivity contribution in [3.05, 3.63) is 56.5 Å². The molecule has 0 bridgehead atoms. The quantitative estimate of drug-likeness (QED) is 0.662. The summed E-state index contributed by atoms with van der Waals surface area (Å²) in [5, 5.41) is 3.95. The van der Waals surface area contributed by atoms with E-state index in [0.29, 0.717) is 0 Å². The van der Waals surface area contributed by atoms with Gasteiger partial charge in [0.25, 0.3) is 0 Å². The van der Waals surface area contributed by atoms with Gasteiger partial charge in [0.2, 0.25) is 0 Å². The summed E-state index contributed by atoms with van der Waals surface area (Å²) in [5.74, 6) is -0.199. The van der Waals surface area contributed by atoms with Gasteiger partial charge >= 0.3 is 0 Å². The average molecular weight is 269 g/mol. The lowest BCUT2D eigenvalue weighted by Gasteiger charge is -2.16. The van der Waals surface area contributed by atoms with Gasteiger partial charge < -0.3 is 0 Å². The van der Waals surface area contributed by atoms with Crippen LogP contribution >= 0.6 is 22.9 Å². The molecular weight excluding hydrogens is 255 g/mol. The van der Waals surface area contributed by atoms with Crippen molar-refractivity contribution in [1.29, 1.82) is 0 Å². The normalized spacial score (nSPS) is 12.8. The SMILES string of the molecule is Cc1cscc1C(Cl)c1c(C)cc(F)cc1C. The van der Waals surface area contributed by atoms with Gasteiger partial charge in [0.05, 0.1) is 5.38 Å². The number of hydrogen-bond acceptors (Lipinski definition) is 1. The van der Waals surface area contributed by atoms with Crippen LogP contribution in [0.4, 0.5) is 4.39 Å². The number of hydrogen-bond donors (Lipinski definition) is 0. The van der Waals surface area contributed by atoms with Crippen LogP contribution in [0.15, 0.2) is 22.9 Å². The minimum absolute atomic E-state index is 0.193. The molecule has 1 unspecified atom stereocenters. The lowest BCUT2D eigenvalue weighted by Crippen LogP contribution is -2.00. The van der Waals surface area contributed by atoms with E-state index in [4.69, 9.17) is 11.6 Å². The molecule has 3 heteroatoms. The molecule has 0 saturated heterocycles. The van der Waals surface area contributed by atoms with Crippen molar-refractivity contribution in [1.82, 2.24) is 0 Å². The fourth-order valence-electron chi connectivity index (χ4n) is 2.11. The number of rotatable bonds is 2. The van der Waals surface area contributed by atoms with Crippen molar-refractivity contribution in [2.45, 2.75) is 26.1 Å². The van der Waals surface area contributed by atoms with Crippen LogP contribution in [-0.2, 0) is 0 Å². The van der Waals surface area contributed by atoms with Crippen molar-refractivity contribution in [3.63, 3.8) is 0 Å². The Morgan fingerprint density at radius 3 is 2.12 bits per heavy atom. The van der Waals surface area contributed by atoms with Crippen molar-refractivity contribution in [2.24, 2.45) is 0 Å². The van der Waals surface area contributed by atoms with E-state index in [1.54, 1.807) is 23.5 Å². The molecule has 17 heavy (non-hydrogen) atoms. The van der Waals surface area contributed by atoms with Gasteiger partial charge in [0.1, 0.15) is 5.82 Å². The second-order valence-corrected chi connectivity index (χ2v) is 5.51. The molecule has 0 radical (unpaired) electrons. The van der Waals surface area contributed by atoms with Crippen molar-refractivity contribution in [2.75, 3.05) is 0 Å². The maximum atomic E-state index is 13.3. The maximum absolute atomic E-state index is 13.3. The van der Waals surface area contributed by atoms with E-state index >= 15 is 0 Å². The molecule has 0 spiro atoms. The number of benzene rings is 1. The highest BCUT2D eigenvalue weighted by atomic mass is 35.5. The highest BCUT2D eigenvalue weighted by Crippen LogP contribution is 2.36. The third-order valence-electron chi connectivity index (χ3n) is 2.98. The summed E-state index contributed by atoms with van der Waals surface area (Å²) in [7, 11) is 0. The standard InChI is InChI=1S/C14H14ClFS/c1-8-4-11(16)5-9(2)13(8)14(15)12-7-17-6-10(12)3/h4-7,14H,1-3H3. The van der Waals surface area contributed by atoms with E-state index in [1.165, 1.54) is 5.56 Å². The van der Waals surface area contributed by atoms with Crippen LogP contribution in [0, 0.1) is 26.6 Å². The van der Waals surface area contributed by atoms with E-state index in [9.17, 15) is 4.39 Å². The number of halogens is 2. The molecule has 1 aromatic carbocycles. The smallest absolute Gasteiger partial charge is 0.123 e.